The van der Waals surface area contributed by atoms with Crippen LogP contribution in [-0.2, 0) is 6.18 Å². The van der Waals surface area contributed by atoms with Crippen LogP contribution in [-0.4, -0.2) is 17.1 Å². The summed E-state index contributed by atoms with van der Waals surface area (Å²) in [6, 6.07) is 6.51. The molecular formula is C22H29F3N2O. The Bertz CT molecular complexity index is 843. The van der Waals surface area contributed by atoms with Crippen LogP contribution in [0.25, 0.3) is 10.9 Å². The summed E-state index contributed by atoms with van der Waals surface area (Å²) in [6.07, 6.45) is 4.21. The Morgan fingerprint density at radius 1 is 1.04 bits per heavy atom. The first-order chi connectivity index (χ1) is 13.3. The van der Waals surface area contributed by atoms with E-state index in [0.29, 0.717) is 18.2 Å². The molecule has 2 aromatic rings. The Kier molecular flexibility index (Phi) is 6.36. The summed E-state index contributed by atoms with van der Waals surface area (Å²) in [4.78, 5) is 16.6. The number of fused-ring (bicyclic) bond motifs is 1. The Labute approximate surface area is 163 Å². The molecule has 154 valence electrons. The number of alkyl halides is 3. The van der Waals surface area contributed by atoms with Crippen molar-refractivity contribution < 1.29 is 13.2 Å². The number of pyridine rings is 1. The van der Waals surface area contributed by atoms with E-state index in [0.717, 1.165) is 57.1 Å². The molecule has 0 unspecified atom stereocenters. The summed E-state index contributed by atoms with van der Waals surface area (Å²) in [6.45, 7) is 4.33. The maximum Gasteiger partial charge on any atom is 0.417 e. The molecule has 1 saturated heterocycles. The van der Waals surface area contributed by atoms with Gasteiger partial charge in [0.25, 0.3) is 0 Å². The fourth-order valence-corrected chi connectivity index (χ4v) is 4.47. The van der Waals surface area contributed by atoms with E-state index in [1.807, 2.05) is 6.07 Å². The third kappa shape index (κ3) is 4.36. The minimum absolute atomic E-state index is 0.0694. The van der Waals surface area contributed by atoms with Gasteiger partial charge in [-0.05, 0) is 43.9 Å². The first-order valence-corrected chi connectivity index (χ1v) is 10.4. The predicted octanol–water partition coefficient (Wildman–Crippen LogP) is 6.26. The van der Waals surface area contributed by atoms with Crippen molar-refractivity contribution in [2.45, 2.75) is 83.5 Å². The van der Waals surface area contributed by atoms with Crippen molar-refractivity contribution in [3.63, 3.8) is 0 Å². The second kappa shape index (κ2) is 8.58. The minimum Gasteiger partial charge on any atom is -0.366 e. The highest BCUT2D eigenvalue weighted by Crippen LogP contribution is 2.39. The number of benzene rings is 1. The van der Waals surface area contributed by atoms with Crippen LogP contribution in [0.1, 0.15) is 70.8 Å². The van der Waals surface area contributed by atoms with Gasteiger partial charge in [0.1, 0.15) is 0 Å². The molecule has 28 heavy (non-hydrogen) atoms. The molecule has 6 heteroatoms. The van der Waals surface area contributed by atoms with Crippen molar-refractivity contribution in [1.29, 1.82) is 0 Å². The number of anilines is 1. The van der Waals surface area contributed by atoms with E-state index in [1.54, 1.807) is 12.1 Å². The van der Waals surface area contributed by atoms with E-state index in [-0.39, 0.29) is 10.9 Å². The quantitative estimate of drug-likeness (QED) is 0.601. The topological polar surface area (TPSA) is 36.1 Å². The highest BCUT2D eigenvalue weighted by molar-refractivity contribution is 5.86. The second-order valence-electron chi connectivity index (χ2n) is 7.85. The van der Waals surface area contributed by atoms with E-state index in [9.17, 15) is 18.0 Å². The number of aromatic amines is 1. The molecule has 1 aliphatic rings. The molecular weight excluding hydrogens is 365 g/mol. The third-order valence-electron chi connectivity index (χ3n) is 5.83. The molecule has 0 radical (unpaired) electrons. The van der Waals surface area contributed by atoms with Crippen LogP contribution in [0.4, 0.5) is 18.9 Å². The standard InChI is InChI=1S/C22H29F3N2O/c1-3-5-7-15-9-10-16(8-6-4-2)27(15)17-11-12-20-18(13-17)19(22(23,24)25)14-21(28)26-20/h11-16H,3-10H2,1-2H3,(H,26,28)/t15-,16-/m0/s1. The number of rotatable bonds is 7. The van der Waals surface area contributed by atoms with Gasteiger partial charge in [0.15, 0.2) is 0 Å². The molecule has 0 saturated carbocycles. The molecule has 1 fully saturated rings. The summed E-state index contributed by atoms with van der Waals surface area (Å²) in [5.74, 6) is 0. The van der Waals surface area contributed by atoms with Gasteiger partial charge < -0.3 is 9.88 Å². The van der Waals surface area contributed by atoms with Crippen molar-refractivity contribution >= 4 is 16.6 Å². The van der Waals surface area contributed by atoms with Crippen molar-refractivity contribution in [2.24, 2.45) is 0 Å². The highest BCUT2D eigenvalue weighted by Gasteiger charge is 2.35. The highest BCUT2D eigenvalue weighted by atomic mass is 19.4. The van der Waals surface area contributed by atoms with E-state index in [4.69, 9.17) is 0 Å². The molecule has 1 aliphatic heterocycles. The zero-order valence-corrected chi connectivity index (χ0v) is 16.6. The maximum atomic E-state index is 13.5. The molecule has 3 nitrogen and oxygen atoms in total. The SMILES string of the molecule is CCCC[C@H]1CC[C@H](CCCC)N1c1ccc2[nH]c(=O)cc(C(F)(F)F)c2c1. The lowest BCUT2D eigenvalue weighted by Gasteiger charge is -2.33. The van der Waals surface area contributed by atoms with Gasteiger partial charge in [0.2, 0.25) is 5.56 Å². The van der Waals surface area contributed by atoms with Gasteiger partial charge >= 0.3 is 6.18 Å². The van der Waals surface area contributed by atoms with Crippen LogP contribution in [0.15, 0.2) is 29.1 Å². The minimum atomic E-state index is -4.56. The van der Waals surface area contributed by atoms with Gasteiger partial charge in [-0.3, -0.25) is 4.79 Å². The normalized spacial score (nSPS) is 20.2. The van der Waals surface area contributed by atoms with Gasteiger partial charge in [-0.25, -0.2) is 0 Å². The van der Waals surface area contributed by atoms with Gasteiger partial charge in [-0.1, -0.05) is 39.5 Å². The zero-order valence-electron chi connectivity index (χ0n) is 16.6. The summed E-state index contributed by atoms with van der Waals surface area (Å²) in [5, 5.41) is 0.0694. The van der Waals surface area contributed by atoms with Crippen LogP contribution in [0.3, 0.4) is 0 Å². The molecule has 1 aromatic heterocycles. The Morgan fingerprint density at radius 3 is 2.18 bits per heavy atom. The smallest absolute Gasteiger partial charge is 0.366 e. The number of halogens is 3. The van der Waals surface area contributed by atoms with Crippen molar-refractivity contribution in [3.8, 4) is 0 Å². The van der Waals surface area contributed by atoms with Crippen LogP contribution in [0, 0.1) is 0 Å². The molecule has 2 atom stereocenters. The fourth-order valence-electron chi connectivity index (χ4n) is 4.47. The third-order valence-corrected chi connectivity index (χ3v) is 5.83. The van der Waals surface area contributed by atoms with Gasteiger partial charge in [0.05, 0.1) is 5.56 Å². The summed E-state index contributed by atoms with van der Waals surface area (Å²) in [7, 11) is 0. The van der Waals surface area contributed by atoms with Crippen LogP contribution < -0.4 is 10.5 Å². The molecule has 0 amide bonds. The lowest BCUT2D eigenvalue weighted by atomic mass is 10.0. The maximum absolute atomic E-state index is 13.5. The molecule has 2 heterocycles. The lowest BCUT2D eigenvalue weighted by molar-refractivity contribution is -0.136. The molecule has 1 aromatic carbocycles. The van der Waals surface area contributed by atoms with Crippen LogP contribution in [0.5, 0.6) is 0 Å². The number of nitrogens with zero attached hydrogens (tertiary/aromatic N) is 1. The molecule has 3 rings (SSSR count). The lowest BCUT2D eigenvalue weighted by Crippen LogP contribution is -2.36. The van der Waals surface area contributed by atoms with Crippen molar-refractivity contribution in [1.82, 2.24) is 4.98 Å². The first kappa shape index (κ1) is 20.7. The zero-order chi connectivity index (χ0) is 20.3. The van der Waals surface area contributed by atoms with E-state index in [2.05, 4.69) is 23.7 Å². The predicted molar refractivity (Wildman–Crippen MR) is 108 cm³/mol. The molecule has 0 spiro atoms. The largest absolute Gasteiger partial charge is 0.417 e. The first-order valence-electron chi connectivity index (χ1n) is 10.4. The molecule has 1 N–H and O–H groups in total. The Balaban J connectivity index is 2.05. The van der Waals surface area contributed by atoms with E-state index in [1.165, 1.54) is 0 Å². The van der Waals surface area contributed by atoms with E-state index < -0.39 is 17.3 Å². The van der Waals surface area contributed by atoms with E-state index >= 15 is 0 Å². The number of aromatic nitrogens is 1. The molecule has 0 aliphatic carbocycles. The van der Waals surface area contributed by atoms with Crippen LogP contribution >= 0.6 is 0 Å². The Morgan fingerprint density at radius 2 is 1.64 bits per heavy atom. The van der Waals surface area contributed by atoms with Gasteiger partial charge in [0, 0.05) is 34.7 Å². The average molecular weight is 394 g/mol. The fraction of sp³-hybridized carbons (Fsp3) is 0.591. The number of H-pyrrole nitrogens is 1. The second-order valence-corrected chi connectivity index (χ2v) is 7.85. The molecule has 0 bridgehead atoms. The number of unbranched alkanes of at least 4 members (excludes halogenated alkanes) is 2. The van der Waals surface area contributed by atoms with Crippen LogP contribution in [0.2, 0.25) is 0 Å². The number of hydrogen-bond acceptors (Lipinski definition) is 2. The van der Waals surface area contributed by atoms with Crippen molar-refractivity contribution in [3.05, 3.63) is 40.2 Å². The monoisotopic (exact) mass is 394 g/mol. The average Bonchev–Trinajstić information content (AvgIpc) is 3.05. The van der Waals surface area contributed by atoms with Crippen molar-refractivity contribution in [2.75, 3.05) is 4.90 Å². The summed E-state index contributed by atoms with van der Waals surface area (Å²) >= 11 is 0. The van der Waals surface area contributed by atoms with Gasteiger partial charge in [-0.2, -0.15) is 13.2 Å². The summed E-state index contributed by atoms with van der Waals surface area (Å²) < 4.78 is 40.6. The summed E-state index contributed by atoms with van der Waals surface area (Å²) in [5.41, 5.74) is -0.513. The Hall–Kier alpha value is -1.98. The number of nitrogens with one attached hydrogen (secondary N) is 1. The van der Waals surface area contributed by atoms with Gasteiger partial charge in [-0.15, -0.1) is 0 Å². The number of hydrogen-bond donors (Lipinski definition) is 1.